The van der Waals surface area contributed by atoms with Crippen molar-refractivity contribution in [1.29, 1.82) is 0 Å². The smallest absolute Gasteiger partial charge is 0.310 e. The summed E-state index contributed by atoms with van der Waals surface area (Å²) in [6, 6.07) is 0. The van der Waals surface area contributed by atoms with Gasteiger partial charge in [-0.15, -0.1) is 0 Å². The standard InChI is InChI=1S/C12H20N2O5/c13-9(15)8-19-14-10(16)7-12(11(17)18)5-3-1-2-4-6-12/h1-8H2,(H2,13,15)(H,14,16)(H,17,18). The van der Waals surface area contributed by atoms with Crippen LogP contribution in [0, 0.1) is 5.41 Å². The molecule has 19 heavy (non-hydrogen) atoms. The second kappa shape index (κ2) is 7.08. The molecule has 0 radical (unpaired) electrons. The van der Waals surface area contributed by atoms with Gasteiger partial charge in [-0.3, -0.25) is 19.2 Å². The summed E-state index contributed by atoms with van der Waals surface area (Å²) in [5.74, 6) is -2.19. The Hall–Kier alpha value is -1.63. The van der Waals surface area contributed by atoms with Gasteiger partial charge in [-0.05, 0) is 12.8 Å². The van der Waals surface area contributed by atoms with E-state index in [1.54, 1.807) is 0 Å². The first-order chi connectivity index (χ1) is 8.96. The molecule has 2 amide bonds. The highest BCUT2D eigenvalue weighted by molar-refractivity contribution is 5.84. The van der Waals surface area contributed by atoms with Crippen LogP contribution in [0.5, 0.6) is 0 Å². The first-order valence-electron chi connectivity index (χ1n) is 6.39. The van der Waals surface area contributed by atoms with Crippen molar-refractivity contribution >= 4 is 17.8 Å². The van der Waals surface area contributed by atoms with Crippen molar-refractivity contribution < 1.29 is 24.3 Å². The molecule has 0 aromatic heterocycles. The normalized spacial score (nSPS) is 18.3. The number of nitrogens with two attached hydrogens (primary N) is 1. The Morgan fingerprint density at radius 1 is 1.16 bits per heavy atom. The topological polar surface area (TPSA) is 119 Å². The average Bonchev–Trinajstić information content (AvgIpc) is 2.55. The molecule has 0 aromatic carbocycles. The molecule has 0 spiro atoms. The quantitative estimate of drug-likeness (QED) is 0.475. The van der Waals surface area contributed by atoms with Gasteiger partial charge in [0.2, 0.25) is 11.8 Å². The van der Waals surface area contributed by atoms with Gasteiger partial charge in [-0.1, -0.05) is 25.7 Å². The van der Waals surface area contributed by atoms with Gasteiger partial charge in [-0.25, -0.2) is 5.48 Å². The molecule has 7 heteroatoms. The molecular formula is C12H20N2O5. The monoisotopic (exact) mass is 272 g/mol. The fourth-order valence-electron chi connectivity index (χ4n) is 2.40. The maximum absolute atomic E-state index is 11.7. The summed E-state index contributed by atoms with van der Waals surface area (Å²) in [6.07, 6.45) is 4.45. The van der Waals surface area contributed by atoms with Crippen LogP contribution >= 0.6 is 0 Å². The molecule has 1 rings (SSSR count). The van der Waals surface area contributed by atoms with Crippen LogP contribution < -0.4 is 11.2 Å². The number of hydroxylamine groups is 1. The van der Waals surface area contributed by atoms with E-state index in [2.05, 4.69) is 10.3 Å². The average molecular weight is 272 g/mol. The minimum Gasteiger partial charge on any atom is -0.481 e. The molecule has 1 aliphatic rings. The highest BCUT2D eigenvalue weighted by Gasteiger charge is 2.40. The number of aliphatic carboxylic acids is 1. The van der Waals surface area contributed by atoms with Gasteiger partial charge in [0, 0.05) is 6.42 Å². The molecule has 0 unspecified atom stereocenters. The molecule has 0 atom stereocenters. The Kier molecular flexibility index (Phi) is 5.75. The fraction of sp³-hybridized carbons (Fsp3) is 0.750. The van der Waals surface area contributed by atoms with Gasteiger partial charge in [0.1, 0.15) is 0 Å². The van der Waals surface area contributed by atoms with Gasteiger partial charge < -0.3 is 10.8 Å². The van der Waals surface area contributed by atoms with Crippen LogP contribution in [-0.4, -0.2) is 29.5 Å². The third-order valence-electron chi connectivity index (χ3n) is 3.41. The molecule has 108 valence electrons. The van der Waals surface area contributed by atoms with Crippen LogP contribution in [0.2, 0.25) is 0 Å². The SMILES string of the molecule is NC(=O)CONC(=O)CC1(C(=O)O)CCCCCC1. The zero-order valence-electron chi connectivity index (χ0n) is 10.8. The Morgan fingerprint density at radius 2 is 1.74 bits per heavy atom. The van der Waals surface area contributed by atoms with E-state index in [1.165, 1.54) is 0 Å². The van der Waals surface area contributed by atoms with Crippen LogP contribution in [0.25, 0.3) is 0 Å². The van der Waals surface area contributed by atoms with Gasteiger partial charge in [0.25, 0.3) is 0 Å². The number of rotatable bonds is 6. The predicted molar refractivity (Wildman–Crippen MR) is 65.7 cm³/mol. The number of primary amides is 1. The van der Waals surface area contributed by atoms with Gasteiger partial charge >= 0.3 is 5.97 Å². The second-order valence-corrected chi connectivity index (χ2v) is 4.96. The second-order valence-electron chi connectivity index (χ2n) is 4.96. The maximum Gasteiger partial charge on any atom is 0.310 e. The predicted octanol–water partition coefficient (Wildman–Crippen LogP) is 0.335. The number of hydrogen-bond donors (Lipinski definition) is 3. The molecular weight excluding hydrogens is 252 g/mol. The largest absolute Gasteiger partial charge is 0.481 e. The Labute approximate surface area is 111 Å². The Morgan fingerprint density at radius 3 is 2.21 bits per heavy atom. The first kappa shape index (κ1) is 15.4. The van der Waals surface area contributed by atoms with Crippen molar-refractivity contribution in [2.75, 3.05) is 6.61 Å². The number of carboxylic acids is 1. The van der Waals surface area contributed by atoms with Crippen molar-refractivity contribution in [3.05, 3.63) is 0 Å². The summed E-state index contributed by atoms with van der Waals surface area (Å²) in [5, 5.41) is 9.38. The lowest BCUT2D eigenvalue weighted by atomic mass is 9.77. The minimum absolute atomic E-state index is 0.138. The molecule has 0 aliphatic heterocycles. The molecule has 1 saturated carbocycles. The van der Waals surface area contributed by atoms with Gasteiger partial charge in [0.05, 0.1) is 5.41 Å². The van der Waals surface area contributed by atoms with E-state index in [0.717, 1.165) is 25.7 Å². The van der Waals surface area contributed by atoms with Crippen molar-refractivity contribution in [3.63, 3.8) is 0 Å². The summed E-state index contributed by atoms with van der Waals surface area (Å²) >= 11 is 0. The summed E-state index contributed by atoms with van der Waals surface area (Å²) in [4.78, 5) is 38.1. The van der Waals surface area contributed by atoms with E-state index in [1.807, 2.05) is 0 Å². The lowest BCUT2D eigenvalue weighted by Gasteiger charge is -2.27. The molecule has 0 saturated heterocycles. The van der Waals surface area contributed by atoms with Crippen LogP contribution in [-0.2, 0) is 19.2 Å². The minimum atomic E-state index is -1.02. The number of hydrogen-bond acceptors (Lipinski definition) is 4. The third-order valence-corrected chi connectivity index (χ3v) is 3.41. The van der Waals surface area contributed by atoms with E-state index < -0.39 is 29.8 Å². The summed E-state index contributed by atoms with van der Waals surface area (Å²) < 4.78 is 0. The lowest BCUT2D eigenvalue weighted by Crippen LogP contribution is -2.38. The molecule has 0 heterocycles. The van der Waals surface area contributed by atoms with Gasteiger partial charge in [-0.2, -0.15) is 0 Å². The molecule has 0 aromatic rings. The highest BCUT2D eigenvalue weighted by Crippen LogP contribution is 2.38. The summed E-state index contributed by atoms with van der Waals surface area (Å²) in [5.41, 5.74) is 5.89. The summed E-state index contributed by atoms with van der Waals surface area (Å²) in [7, 11) is 0. The van der Waals surface area contributed by atoms with Crippen LogP contribution in [0.1, 0.15) is 44.9 Å². The molecule has 0 bridgehead atoms. The molecule has 7 nitrogen and oxygen atoms in total. The van der Waals surface area contributed by atoms with E-state index in [0.29, 0.717) is 12.8 Å². The van der Waals surface area contributed by atoms with Crippen molar-refractivity contribution in [1.82, 2.24) is 5.48 Å². The molecule has 1 fully saturated rings. The Bertz CT molecular complexity index is 348. The molecule has 4 N–H and O–H groups in total. The van der Waals surface area contributed by atoms with Crippen LogP contribution in [0.15, 0.2) is 0 Å². The van der Waals surface area contributed by atoms with Crippen LogP contribution in [0.4, 0.5) is 0 Å². The van der Waals surface area contributed by atoms with Crippen molar-refractivity contribution in [2.45, 2.75) is 44.9 Å². The highest BCUT2D eigenvalue weighted by atomic mass is 16.7. The Balaban J connectivity index is 2.55. The van der Waals surface area contributed by atoms with E-state index >= 15 is 0 Å². The number of amides is 2. The first-order valence-corrected chi connectivity index (χ1v) is 6.39. The third kappa shape index (κ3) is 4.86. The number of carbonyl (C=O) groups is 3. The zero-order valence-corrected chi connectivity index (χ0v) is 10.8. The number of nitrogens with one attached hydrogen (secondary N) is 1. The van der Waals surface area contributed by atoms with E-state index in [4.69, 9.17) is 5.73 Å². The van der Waals surface area contributed by atoms with Crippen molar-refractivity contribution in [3.8, 4) is 0 Å². The zero-order chi connectivity index (χ0) is 14.3. The molecule has 1 aliphatic carbocycles. The fourth-order valence-corrected chi connectivity index (χ4v) is 2.40. The maximum atomic E-state index is 11.7. The lowest BCUT2D eigenvalue weighted by molar-refractivity contribution is -0.155. The number of carbonyl (C=O) groups excluding carboxylic acids is 2. The number of carboxylic acid groups (broad SMARTS) is 1. The van der Waals surface area contributed by atoms with Crippen LogP contribution in [0.3, 0.4) is 0 Å². The van der Waals surface area contributed by atoms with Gasteiger partial charge in [0.15, 0.2) is 6.61 Å². The summed E-state index contributed by atoms with van der Waals surface area (Å²) in [6.45, 7) is -0.425. The van der Waals surface area contributed by atoms with E-state index in [9.17, 15) is 19.5 Å². The van der Waals surface area contributed by atoms with Crippen molar-refractivity contribution in [2.24, 2.45) is 11.1 Å². The van der Waals surface area contributed by atoms with E-state index in [-0.39, 0.29) is 6.42 Å².